The average molecular weight is 413 g/mol. The molecule has 0 aliphatic carbocycles. The Bertz CT molecular complexity index is 812. The van der Waals surface area contributed by atoms with Crippen molar-refractivity contribution in [3.05, 3.63) is 52.9 Å². The third kappa shape index (κ3) is 3.71. The third-order valence-electron chi connectivity index (χ3n) is 3.96. The molecule has 0 atom stereocenters. The van der Waals surface area contributed by atoms with E-state index in [9.17, 15) is 13.2 Å². The Labute approximate surface area is 149 Å². The Morgan fingerprint density at radius 3 is 2.50 bits per heavy atom. The first kappa shape index (κ1) is 17.2. The van der Waals surface area contributed by atoms with E-state index in [0.29, 0.717) is 36.2 Å². The topological polar surface area (TPSA) is 79.6 Å². The Morgan fingerprint density at radius 2 is 1.88 bits per heavy atom. The van der Waals surface area contributed by atoms with Crippen molar-refractivity contribution in [1.29, 1.82) is 0 Å². The first-order valence-corrected chi connectivity index (χ1v) is 9.84. The van der Waals surface area contributed by atoms with Gasteiger partial charge in [0.15, 0.2) is 5.76 Å². The van der Waals surface area contributed by atoms with E-state index in [2.05, 4.69) is 20.7 Å². The van der Waals surface area contributed by atoms with Crippen molar-refractivity contribution in [2.24, 2.45) is 0 Å². The molecule has 0 bridgehead atoms. The number of amides is 1. The second-order valence-electron chi connectivity index (χ2n) is 5.60. The van der Waals surface area contributed by atoms with Crippen LogP contribution in [0, 0.1) is 0 Å². The highest BCUT2D eigenvalue weighted by atomic mass is 79.9. The Hall–Kier alpha value is -1.64. The van der Waals surface area contributed by atoms with E-state index in [-0.39, 0.29) is 16.8 Å². The van der Waals surface area contributed by atoms with E-state index in [1.165, 1.54) is 6.26 Å². The minimum absolute atomic E-state index is 0.160. The number of piperidine rings is 1. The number of sulfonamides is 1. The van der Waals surface area contributed by atoms with Gasteiger partial charge in [-0.15, -0.1) is 0 Å². The number of hydrogen-bond acceptors (Lipinski definition) is 4. The number of nitrogens with one attached hydrogen (secondary N) is 1. The highest BCUT2D eigenvalue weighted by Gasteiger charge is 2.28. The molecule has 128 valence electrons. The molecule has 1 amide bonds. The average Bonchev–Trinajstić information content (AvgIpc) is 3.09. The van der Waals surface area contributed by atoms with E-state index in [0.717, 1.165) is 0 Å². The van der Waals surface area contributed by atoms with Crippen molar-refractivity contribution in [2.45, 2.75) is 23.8 Å². The maximum absolute atomic E-state index is 12.5. The Morgan fingerprint density at radius 1 is 1.17 bits per heavy atom. The van der Waals surface area contributed by atoms with Crippen LogP contribution in [0.3, 0.4) is 0 Å². The normalized spacial score (nSPS) is 16.3. The van der Waals surface area contributed by atoms with Gasteiger partial charge in [-0.05, 0) is 53.0 Å². The Balaban J connectivity index is 1.61. The summed E-state index contributed by atoms with van der Waals surface area (Å²) in [6, 6.07) is 9.81. The van der Waals surface area contributed by atoms with E-state index in [1.54, 1.807) is 41.3 Å². The Kier molecular flexibility index (Phi) is 5.07. The number of rotatable bonds is 4. The monoisotopic (exact) mass is 412 g/mol. The van der Waals surface area contributed by atoms with E-state index < -0.39 is 10.0 Å². The van der Waals surface area contributed by atoms with Gasteiger partial charge in [0.05, 0.1) is 11.2 Å². The quantitative estimate of drug-likeness (QED) is 0.836. The van der Waals surface area contributed by atoms with Crippen LogP contribution in [-0.4, -0.2) is 38.4 Å². The number of carbonyl (C=O) groups is 1. The molecule has 0 spiro atoms. The molecule has 24 heavy (non-hydrogen) atoms. The molecule has 1 fully saturated rings. The molecule has 1 aliphatic rings. The molecule has 6 nitrogen and oxygen atoms in total. The van der Waals surface area contributed by atoms with Crippen molar-refractivity contribution in [1.82, 2.24) is 9.62 Å². The molecule has 0 radical (unpaired) electrons. The zero-order chi connectivity index (χ0) is 17.2. The van der Waals surface area contributed by atoms with Crippen LogP contribution in [0.1, 0.15) is 23.4 Å². The molecular weight excluding hydrogens is 396 g/mol. The van der Waals surface area contributed by atoms with Gasteiger partial charge in [-0.25, -0.2) is 13.1 Å². The maximum atomic E-state index is 12.5. The zero-order valence-corrected chi connectivity index (χ0v) is 15.2. The lowest BCUT2D eigenvalue weighted by Gasteiger charge is -2.31. The molecule has 1 saturated heterocycles. The van der Waals surface area contributed by atoms with E-state index in [4.69, 9.17) is 4.42 Å². The summed E-state index contributed by atoms with van der Waals surface area (Å²) in [5.74, 6) is 0.148. The molecular formula is C16H17BrN2O4S. The van der Waals surface area contributed by atoms with Crippen molar-refractivity contribution >= 4 is 31.9 Å². The van der Waals surface area contributed by atoms with Crippen molar-refractivity contribution in [2.75, 3.05) is 13.1 Å². The molecule has 0 unspecified atom stereocenters. The van der Waals surface area contributed by atoms with Crippen LogP contribution in [0.15, 0.2) is 56.4 Å². The lowest BCUT2D eigenvalue weighted by atomic mass is 10.1. The number of furan rings is 1. The minimum atomic E-state index is -3.59. The maximum Gasteiger partial charge on any atom is 0.289 e. The standard InChI is InChI=1S/C16H17BrN2O4S/c17-13-4-1-2-6-15(13)24(21,22)18-12-7-9-19(10-8-12)16(20)14-5-3-11-23-14/h1-6,11-12,18H,7-10H2. The fourth-order valence-corrected chi connectivity index (χ4v) is 5.01. The van der Waals surface area contributed by atoms with Gasteiger partial charge in [-0.3, -0.25) is 4.79 Å². The highest BCUT2D eigenvalue weighted by Crippen LogP contribution is 2.23. The number of carbonyl (C=O) groups excluding carboxylic acids is 1. The summed E-state index contributed by atoms with van der Waals surface area (Å²) in [5.41, 5.74) is 0. The van der Waals surface area contributed by atoms with Crippen molar-refractivity contribution in [3.63, 3.8) is 0 Å². The molecule has 1 N–H and O–H groups in total. The molecule has 2 aromatic rings. The molecule has 3 rings (SSSR count). The number of halogens is 1. The van der Waals surface area contributed by atoms with Gasteiger partial charge in [0.25, 0.3) is 5.91 Å². The van der Waals surface area contributed by atoms with Crippen molar-refractivity contribution < 1.29 is 17.6 Å². The first-order chi connectivity index (χ1) is 11.5. The largest absolute Gasteiger partial charge is 0.459 e. The van der Waals surface area contributed by atoms with Gasteiger partial charge < -0.3 is 9.32 Å². The lowest BCUT2D eigenvalue weighted by Crippen LogP contribution is -2.46. The summed E-state index contributed by atoms with van der Waals surface area (Å²) in [7, 11) is -3.59. The smallest absolute Gasteiger partial charge is 0.289 e. The minimum Gasteiger partial charge on any atom is -0.459 e. The highest BCUT2D eigenvalue weighted by molar-refractivity contribution is 9.10. The van der Waals surface area contributed by atoms with Crippen LogP contribution in [-0.2, 0) is 10.0 Å². The van der Waals surface area contributed by atoms with Gasteiger partial charge in [-0.2, -0.15) is 0 Å². The molecule has 1 aromatic heterocycles. The molecule has 1 aliphatic heterocycles. The van der Waals surface area contributed by atoms with Crippen LogP contribution in [0.2, 0.25) is 0 Å². The summed E-state index contributed by atoms with van der Waals surface area (Å²) in [6.45, 7) is 0.978. The van der Waals surface area contributed by atoms with Gasteiger partial charge >= 0.3 is 0 Å². The van der Waals surface area contributed by atoms with E-state index in [1.807, 2.05) is 0 Å². The lowest BCUT2D eigenvalue weighted by molar-refractivity contribution is 0.0679. The van der Waals surface area contributed by atoms with Crippen molar-refractivity contribution in [3.8, 4) is 0 Å². The molecule has 0 saturated carbocycles. The van der Waals surface area contributed by atoms with E-state index >= 15 is 0 Å². The molecule has 1 aromatic carbocycles. The third-order valence-corrected chi connectivity index (χ3v) is 6.49. The van der Waals surface area contributed by atoms with Gasteiger partial charge in [0.1, 0.15) is 0 Å². The second-order valence-corrected chi connectivity index (χ2v) is 8.13. The number of hydrogen-bond donors (Lipinski definition) is 1. The molecule has 8 heteroatoms. The summed E-state index contributed by atoms with van der Waals surface area (Å²) in [6.07, 6.45) is 2.60. The van der Waals surface area contributed by atoms with Gasteiger partial charge in [0.2, 0.25) is 10.0 Å². The van der Waals surface area contributed by atoms with Crippen LogP contribution in [0.5, 0.6) is 0 Å². The van der Waals surface area contributed by atoms with Crippen LogP contribution >= 0.6 is 15.9 Å². The van der Waals surface area contributed by atoms with Crippen LogP contribution in [0.4, 0.5) is 0 Å². The number of nitrogens with zero attached hydrogens (tertiary/aromatic N) is 1. The SMILES string of the molecule is O=C(c1ccco1)N1CCC(NS(=O)(=O)c2ccccc2Br)CC1. The predicted octanol–water partition coefficient (Wildman–Crippen LogP) is 2.63. The van der Waals surface area contributed by atoms with Gasteiger partial charge in [-0.1, -0.05) is 12.1 Å². The molecule has 2 heterocycles. The summed E-state index contributed by atoms with van der Waals surface area (Å²) in [5, 5.41) is 0. The predicted molar refractivity (Wildman–Crippen MR) is 92.1 cm³/mol. The fourth-order valence-electron chi connectivity index (χ4n) is 2.70. The summed E-state index contributed by atoms with van der Waals surface area (Å²) >= 11 is 3.27. The van der Waals surface area contributed by atoms with Crippen LogP contribution < -0.4 is 4.72 Å². The fraction of sp³-hybridized carbons (Fsp3) is 0.312. The second kappa shape index (κ2) is 7.08. The van der Waals surface area contributed by atoms with Crippen LogP contribution in [0.25, 0.3) is 0 Å². The summed E-state index contributed by atoms with van der Waals surface area (Å²) < 4.78 is 33.4. The summed E-state index contributed by atoms with van der Waals surface area (Å²) in [4.78, 5) is 14.1. The number of likely N-dealkylation sites (tertiary alicyclic amines) is 1. The number of benzene rings is 1. The first-order valence-electron chi connectivity index (χ1n) is 7.57. The van der Waals surface area contributed by atoms with Gasteiger partial charge in [0, 0.05) is 23.6 Å². The zero-order valence-electron chi connectivity index (χ0n) is 12.8.